The smallest absolute Gasteiger partial charge is 0.254 e. The molecule has 0 spiro atoms. The van der Waals surface area contributed by atoms with Crippen LogP contribution in [0.5, 0.6) is 11.5 Å². The number of amides is 3. The normalized spacial score (nSPS) is 17.1. The third kappa shape index (κ3) is 7.69. The van der Waals surface area contributed by atoms with Gasteiger partial charge in [0, 0.05) is 22.4 Å². The Morgan fingerprint density at radius 3 is 2.47 bits per heavy atom. The van der Waals surface area contributed by atoms with Crippen LogP contribution in [0.1, 0.15) is 47.8 Å². The third-order valence-corrected chi connectivity index (χ3v) is 8.93. The van der Waals surface area contributed by atoms with Gasteiger partial charge >= 0.3 is 0 Å². The maximum Gasteiger partial charge on any atom is 0.254 e. The fourth-order valence-electron chi connectivity index (χ4n) is 5.18. The molecule has 3 unspecified atom stereocenters. The number of nitrogens with one attached hydrogen (secondary N) is 2. The fourth-order valence-corrected chi connectivity index (χ4v) is 6.32. The van der Waals surface area contributed by atoms with E-state index in [2.05, 4.69) is 10.6 Å². The van der Waals surface area contributed by atoms with Gasteiger partial charge in [-0.05, 0) is 69.5 Å². The van der Waals surface area contributed by atoms with Gasteiger partial charge in [0.1, 0.15) is 17.5 Å². The summed E-state index contributed by atoms with van der Waals surface area (Å²) >= 11 is 1.45. The zero-order valence-corrected chi connectivity index (χ0v) is 25.7. The van der Waals surface area contributed by atoms with Crippen LogP contribution in [0, 0.1) is 6.92 Å². The van der Waals surface area contributed by atoms with Gasteiger partial charge < -0.3 is 30.5 Å². The summed E-state index contributed by atoms with van der Waals surface area (Å²) in [6.45, 7) is 8.09. The van der Waals surface area contributed by atoms with Gasteiger partial charge in [0.2, 0.25) is 5.91 Å². The van der Waals surface area contributed by atoms with Crippen molar-refractivity contribution >= 4 is 29.5 Å². The molecular formula is C33H39N3O6S. The van der Waals surface area contributed by atoms with Crippen molar-refractivity contribution in [1.29, 1.82) is 0 Å². The van der Waals surface area contributed by atoms with Gasteiger partial charge in [-0.15, -0.1) is 11.8 Å². The number of carbonyl (C=O) groups is 3. The molecule has 0 saturated carbocycles. The lowest BCUT2D eigenvalue weighted by Crippen LogP contribution is -2.58. The van der Waals surface area contributed by atoms with E-state index in [0.717, 1.165) is 11.1 Å². The second-order valence-corrected chi connectivity index (χ2v) is 12.6. The highest BCUT2D eigenvalue weighted by Crippen LogP contribution is 2.40. The van der Waals surface area contributed by atoms with E-state index < -0.39 is 34.7 Å². The van der Waals surface area contributed by atoms with Crippen LogP contribution in [0.2, 0.25) is 0 Å². The Balaban J connectivity index is 1.54. The number of aliphatic hydroxyl groups is 1. The Morgan fingerprint density at radius 2 is 1.74 bits per heavy atom. The summed E-state index contributed by atoms with van der Waals surface area (Å²) in [6.07, 6.45) is -1.45. The quantitative estimate of drug-likeness (QED) is 0.262. The van der Waals surface area contributed by atoms with Crippen molar-refractivity contribution in [2.75, 3.05) is 12.5 Å². The molecule has 1 aliphatic heterocycles. The molecule has 43 heavy (non-hydrogen) atoms. The predicted octanol–water partition coefficient (Wildman–Crippen LogP) is 3.80. The van der Waals surface area contributed by atoms with Gasteiger partial charge in [-0.25, -0.2) is 0 Å². The molecule has 1 heterocycles. The van der Waals surface area contributed by atoms with Crippen LogP contribution >= 0.6 is 11.8 Å². The molecule has 228 valence electrons. The van der Waals surface area contributed by atoms with Crippen molar-refractivity contribution in [3.8, 4) is 11.5 Å². The number of rotatable bonds is 11. The summed E-state index contributed by atoms with van der Waals surface area (Å²) < 4.78 is 4.93. The monoisotopic (exact) mass is 605 g/mol. The van der Waals surface area contributed by atoms with Gasteiger partial charge in [-0.2, -0.15) is 0 Å². The Kier molecular flexibility index (Phi) is 10.4. The number of aliphatic hydroxyl groups excluding tert-OH is 1. The summed E-state index contributed by atoms with van der Waals surface area (Å²) in [5, 5.41) is 27.3. The van der Waals surface area contributed by atoms with Crippen LogP contribution in [-0.4, -0.2) is 68.3 Å². The SMILES string of the molecule is CCOc1cccc(CNC(=O)C2N(C(=O)C(O)C(Cc3ccccc3)NC(=O)c3cccc(O)c3C)CSC2(C)C)c1. The first-order chi connectivity index (χ1) is 20.5. The summed E-state index contributed by atoms with van der Waals surface area (Å²) in [4.78, 5) is 42.1. The minimum atomic E-state index is -1.63. The first-order valence-corrected chi connectivity index (χ1v) is 15.3. The van der Waals surface area contributed by atoms with Crippen molar-refractivity contribution in [3.63, 3.8) is 0 Å². The summed E-state index contributed by atoms with van der Waals surface area (Å²) in [5.41, 5.74) is 2.29. The first kappa shape index (κ1) is 31.9. The fraction of sp³-hybridized carbons (Fsp3) is 0.364. The van der Waals surface area contributed by atoms with Crippen LogP contribution in [0.25, 0.3) is 0 Å². The van der Waals surface area contributed by atoms with Crippen LogP contribution in [0.15, 0.2) is 72.8 Å². The highest BCUT2D eigenvalue weighted by Gasteiger charge is 2.49. The molecule has 3 aromatic carbocycles. The minimum absolute atomic E-state index is 0.0290. The molecular weight excluding hydrogens is 566 g/mol. The summed E-state index contributed by atoms with van der Waals surface area (Å²) in [7, 11) is 0. The number of benzene rings is 3. The zero-order valence-electron chi connectivity index (χ0n) is 24.9. The van der Waals surface area contributed by atoms with E-state index in [1.165, 1.54) is 22.7 Å². The molecule has 1 saturated heterocycles. The first-order valence-electron chi connectivity index (χ1n) is 14.3. The number of aromatic hydroxyl groups is 1. The molecule has 9 nitrogen and oxygen atoms in total. The largest absolute Gasteiger partial charge is 0.508 e. The second-order valence-electron chi connectivity index (χ2n) is 11.0. The van der Waals surface area contributed by atoms with Crippen LogP contribution in [-0.2, 0) is 22.6 Å². The topological polar surface area (TPSA) is 128 Å². The molecule has 3 atom stereocenters. The number of ether oxygens (including phenoxy) is 1. The number of thioether (sulfide) groups is 1. The number of hydrogen-bond acceptors (Lipinski definition) is 7. The van der Waals surface area contributed by atoms with Crippen molar-refractivity contribution in [3.05, 3.63) is 95.1 Å². The Labute approximate surface area is 256 Å². The van der Waals surface area contributed by atoms with Crippen LogP contribution < -0.4 is 15.4 Å². The predicted molar refractivity (Wildman–Crippen MR) is 167 cm³/mol. The zero-order chi connectivity index (χ0) is 31.1. The van der Waals surface area contributed by atoms with E-state index in [-0.39, 0.29) is 36.1 Å². The van der Waals surface area contributed by atoms with Gasteiger partial charge in [0.15, 0.2) is 6.10 Å². The molecule has 3 aromatic rings. The number of phenols is 1. The molecule has 3 amide bonds. The van der Waals surface area contributed by atoms with Crippen molar-refractivity contribution in [2.24, 2.45) is 0 Å². The van der Waals surface area contributed by atoms with Crippen molar-refractivity contribution in [1.82, 2.24) is 15.5 Å². The van der Waals surface area contributed by atoms with Gasteiger partial charge in [0.25, 0.3) is 11.8 Å². The molecule has 1 aliphatic rings. The maximum atomic E-state index is 13.9. The number of hydrogen-bond donors (Lipinski definition) is 4. The van der Waals surface area contributed by atoms with Crippen molar-refractivity contribution in [2.45, 2.75) is 63.6 Å². The van der Waals surface area contributed by atoms with E-state index in [1.54, 1.807) is 19.1 Å². The average molecular weight is 606 g/mol. The van der Waals surface area contributed by atoms with Gasteiger partial charge in [0.05, 0.1) is 18.5 Å². The molecule has 0 aliphatic carbocycles. The molecule has 4 N–H and O–H groups in total. The van der Waals surface area contributed by atoms with Gasteiger partial charge in [-0.3, -0.25) is 14.4 Å². The van der Waals surface area contributed by atoms with E-state index in [0.29, 0.717) is 17.9 Å². The summed E-state index contributed by atoms with van der Waals surface area (Å²) in [5.74, 6) is -0.627. The van der Waals surface area contributed by atoms with Crippen LogP contribution in [0.4, 0.5) is 0 Å². The maximum absolute atomic E-state index is 13.9. The Morgan fingerprint density at radius 1 is 1.05 bits per heavy atom. The van der Waals surface area contributed by atoms with E-state index >= 15 is 0 Å². The lowest BCUT2D eigenvalue weighted by Gasteiger charge is -2.33. The average Bonchev–Trinajstić information content (AvgIpc) is 3.31. The molecule has 0 bridgehead atoms. The van der Waals surface area contributed by atoms with Crippen LogP contribution in [0.3, 0.4) is 0 Å². The van der Waals surface area contributed by atoms with E-state index in [1.807, 2.05) is 75.4 Å². The lowest BCUT2D eigenvalue weighted by molar-refractivity contribution is -0.147. The summed E-state index contributed by atoms with van der Waals surface area (Å²) in [6, 6.07) is 19.4. The molecule has 4 rings (SSSR count). The third-order valence-electron chi connectivity index (χ3n) is 7.55. The molecule has 1 fully saturated rings. The molecule has 0 radical (unpaired) electrons. The highest BCUT2D eigenvalue weighted by atomic mass is 32.2. The van der Waals surface area contributed by atoms with Crippen molar-refractivity contribution < 1.29 is 29.3 Å². The number of nitrogens with zero attached hydrogens (tertiary/aromatic N) is 1. The van der Waals surface area contributed by atoms with E-state index in [9.17, 15) is 24.6 Å². The Hall–Kier alpha value is -4.02. The second kappa shape index (κ2) is 14.0. The highest BCUT2D eigenvalue weighted by molar-refractivity contribution is 8.00. The minimum Gasteiger partial charge on any atom is -0.508 e. The number of carbonyl (C=O) groups excluding carboxylic acids is 3. The lowest BCUT2D eigenvalue weighted by atomic mass is 9.96. The molecule has 0 aromatic heterocycles. The standard InChI is InChI=1S/C33H39N3O6S/c1-5-42-24-14-9-13-23(17-24)19-34-31(40)29-33(3,4)43-20-36(29)32(41)28(38)26(18-22-11-7-6-8-12-22)35-30(39)25-15-10-16-27(37)21(25)2/h6-17,26,28-29,37-38H,5,18-20H2,1-4H3,(H,34,40)(H,35,39). The Bertz CT molecular complexity index is 1450. The number of phenolic OH excluding ortho intramolecular Hbond substituents is 1. The van der Waals surface area contributed by atoms with E-state index in [4.69, 9.17) is 4.74 Å². The molecule has 10 heteroatoms. The van der Waals surface area contributed by atoms with Gasteiger partial charge in [-0.1, -0.05) is 48.5 Å².